The molecule has 2 rings (SSSR count). The second-order valence-electron chi connectivity index (χ2n) is 5.05. The molecule has 0 aliphatic carbocycles. The summed E-state index contributed by atoms with van der Waals surface area (Å²) >= 11 is 4.92. The molecule has 6 heteroatoms. The molecule has 0 bridgehead atoms. The number of hydrogen-bond donors (Lipinski definition) is 3. The van der Waals surface area contributed by atoms with Crippen molar-refractivity contribution in [2.45, 2.75) is 25.5 Å². The van der Waals surface area contributed by atoms with Crippen molar-refractivity contribution in [3.63, 3.8) is 0 Å². The van der Waals surface area contributed by atoms with Gasteiger partial charge in [-0.1, -0.05) is 24.4 Å². The zero-order chi connectivity index (χ0) is 14.7. The molecule has 2 unspecified atom stereocenters. The molecule has 1 amide bonds. The molecule has 1 heterocycles. The van der Waals surface area contributed by atoms with Crippen molar-refractivity contribution in [1.29, 1.82) is 0 Å². The smallest absolute Gasteiger partial charge is 0.241 e. The summed E-state index contributed by atoms with van der Waals surface area (Å²) in [7, 11) is 0. The van der Waals surface area contributed by atoms with Crippen molar-refractivity contribution in [3.8, 4) is 0 Å². The Labute approximate surface area is 123 Å². The minimum atomic E-state index is -0.330. The van der Waals surface area contributed by atoms with E-state index < -0.39 is 0 Å². The zero-order valence-corrected chi connectivity index (χ0v) is 12.2. The molecule has 1 aliphatic heterocycles. The van der Waals surface area contributed by atoms with E-state index in [9.17, 15) is 9.90 Å². The van der Waals surface area contributed by atoms with Crippen LogP contribution in [0.4, 0.5) is 5.69 Å². The number of aliphatic hydroxyl groups is 1. The van der Waals surface area contributed by atoms with Crippen molar-refractivity contribution < 1.29 is 9.90 Å². The van der Waals surface area contributed by atoms with E-state index in [2.05, 4.69) is 5.32 Å². The van der Waals surface area contributed by atoms with Gasteiger partial charge in [-0.15, -0.1) is 0 Å². The quantitative estimate of drug-likeness (QED) is 0.713. The molecule has 0 radical (unpaired) electrons. The van der Waals surface area contributed by atoms with Crippen LogP contribution in [0.5, 0.6) is 0 Å². The average molecular weight is 293 g/mol. The number of carbonyl (C=O) groups is 1. The second-order valence-corrected chi connectivity index (χ2v) is 5.49. The van der Waals surface area contributed by atoms with Crippen LogP contribution in [-0.2, 0) is 4.79 Å². The summed E-state index contributed by atoms with van der Waals surface area (Å²) in [6, 6.07) is 6.88. The van der Waals surface area contributed by atoms with Crippen LogP contribution in [-0.4, -0.2) is 46.1 Å². The van der Waals surface area contributed by atoms with Gasteiger partial charge in [-0.25, -0.2) is 0 Å². The van der Waals surface area contributed by atoms with Gasteiger partial charge in [0.2, 0.25) is 5.91 Å². The molecular weight excluding hydrogens is 274 g/mol. The number of rotatable bonds is 4. The van der Waals surface area contributed by atoms with Gasteiger partial charge in [-0.2, -0.15) is 0 Å². The number of aliphatic hydroxyl groups excluding tert-OH is 1. The summed E-state index contributed by atoms with van der Waals surface area (Å²) in [4.78, 5) is 14.5. The van der Waals surface area contributed by atoms with E-state index in [1.807, 2.05) is 11.8 Å². The predicted molar refractivity (Wildman–Crippen MR) is 82.6 cm³/mol. The number of carbonyl (C=O) groups excluding carboxylic acids is 1. The number of β-amino-alcohol motifs (C(OH)–C–C–N with tert-alkyl or cyclic N) is 1. The fraction of sp³-hybridized carbons (Fsp3) is 0.429. The van der Waals surface area contributed by atoms with E-state index in [-0.39, 0.29) is 18.1 Å². The summed E-state index contributed by atoms with van der Waals surface area (Å²) in [5, 5.41) is 12.4. The molecule has 5 nitrogen and oxygen atoms in total. The second kappa shape index (κ2) is 6.30. The number of nitrogens with zero attached hydrogens (tertiary/aromatic N) is 1. The molecule has 0 aromatic heterocycles. The lowest BCUT2D eigenvalue weighted by Crippen LogP contribution is -2.41. The Balaban J connectivity index is 2.00. The third-order valence-corrected chi connectivity index (χ3v) is 3.77. The van der Waals surface area contributed by atoms with Gasteiger partial charge in [0, 0.05) is 24.3 Å². The first-order valence-electron chi connectivity index (χ1n) is 6.60. The highest BCUT2D eigenvalue weighted by Crippen LogP contribution is 2.15. The van der Waals surface area contributed by atoms with Crippen molar-refractivity contribution in [2.24, 2.45) is 5.73 Å². The lowest BCUT2D eigenvalue weighted by atomic mass is 10.2. The molecule has 1 aromatic rings. The third-order valence-electron chi connectivity index (χ3n) is 3.54. The Bertz CT molecular complexity index is 521. The molecule has 0 saturated carbocycles. The molecular formula is C14H19N3O2S. The Morgan fingerprint density at radius 1 is 1.60 bits per heavy atom. The highest BCUT2D eigenvalue weighted by Gasteiger charge is 2.28. The lowest BCUT2D eigenvalue weighted by Gasteiger charge is -2.23. The number of likely N-dealkylation sites (tertiary alicyclic amines) is 1. The summed E-state index contributed by atoms with van der Waals surface area (Å²) in [5.41, 5.74) is 6.97. The van der Waals surface area contributed by atoms with Gasteiger partial charge in [0.05, 0.1) is 12.1 Å². The maximum Gasteiger partial charge on any atom is 0.241 e. The van der Waals surface area contributed by atoms with Gasteiger partial charge >= 0.3 is 0 Å². The highest BCUT2D eigenvalue weighted by molar-refractivity contribution is 7.80. The fourth-order valence-electron chi connectivity index (χ4n) is 2.28. The maximum absolute atomic E-state index is 12.2. The van der Waals surface area contributed by atoms with Gasteiger partial charge in [-0.05, 0) is 25.5 Å². The summed E-state index contributed by atoms with van der Waals surface area (Å²) in [6.07, 6.45) is 0.386. The molecule has 20 heavy (non-hydrogen) atoms. The normalized spacial score (nSPS) is 20.6. The lowest BCUT2D eigenvalue weighted by molar-refractivity contribution is -0.120. The van der Waals surface area contributed by atoms with Crippen LogP contribution in [0.2, 0.25) is 0 Å². The van der Waals surface area contributed by atoms with E-state index in [1.165, 1.54) is 0 Å². The minimum Gasteiger partial charge on any atom is -0.392 e. The van der Waals surface area contributed by atoms with Gasteiger partial charge in [0.25, 0.3) is 0 Å². The van der Waals surface area contributed by atoms with Crippen molar-refractivity contribution in [1.82, 2.24) is 4.90 Å². The van der Waals surface area contributed by atoms with Crippen LogP contribution in [0.3, 0.4) is 0 Å². The van der Waals surface area contributed by atoms with Crippen LogP contribution in [0.25, 0.3) is 0 Å². The summed E-state index contributed by atoms with van der Waals surface area (Å²) in [6.45, 7) is 3.12. The Morgan fingerprint density at radius 2 is 2.35 bits per heavy atom. The first kappa shape index (κ1) is 14.9. The first-order chi connectivity index (χ1) is 9.47. The molecule has 1 aliphatic rings. The number of hydrogen-bond acceptors (Lipinski definition) is 4. The van der Waals surface area contributed by atoms with Crippen molar-refractivity contribution >= 4 is 28.8 Å². The van der Waals surface area contributed by atoms with Gasteiger partial charge in [0.1, 0.15) is 4.99 Å². The van der Waals surface area contributed by atoms with Crippen LogP contribution < -0.4 is 11.1 Å². The van der Waals surface area contributed by atoms with E-state index in [0.29, 0.717) is 23.6 Å². The Kier molecular flexibility index (Phi) is 4.69. The molecule has 2 atom stereocenters. The number of thiocarbonyl (C=S) groups is 1. The molecule has 1 fully saturated rings. The molecule has 1 saturated heterocycles. The molecule has 0 spiro atoms. The number of nitrogens with one attached hydrogen (secondary N) is 1. The Morgan fingerprint density at radius 3 is 2.95 bits per heavy atom. The monoisotopic (exact) mass is 293 g/mol. The standard InChI is InChI=1S/C14H19N3O2S/c1-9(17-6-5-12(18)8-17)14(19)16-11-4-2-3-10(7-11)13(15)20/h2-4,7,9,12,18H,5-6,8H2,1H3,(H2,15,20)(H,16,19). The third kappa shape index (κ3) is 3.53. The number of nitrogens with two attached hydrogens (primary N) is 1. The average Bonchev–Trinajstić information content (AvgIpc) is 2.84. The summed E-state index contributed by atoms with van der Waals surface area (Å²) in [5.74, 6) is -0.0980. The first-order valence-corrected chi connectivity index (χ1v) is 7.01. The van der Waals surface area contributed by atoms with Gasteiger partial charge in [0.15, 0.2) is 0 Å². The van der Waals surface area contributed by atoms with E-state index >= 15 is 0 Å². The molecule has 4 N–H and O–H groups in total. The van der Waals surface area contributed by atoms with Crippen molar-refractivity contribution in [2.75, 3.05) is 18.4 Å². The van der Waals surface area contributed by atoms with Gasteiger partial charge < -0.3 is 16.2 Å². The summed E-state index contributed by atoms with van der Waals surface area (Å²) < 4.78 is 0. The predicted octanol–water partition coefficient (Wildman–Crippen LogP) is 0.714. The molecule has 1 aromatic carbocycles. The zero-order valence-electron chi connectivity index (χ0n) is 11.4. The largest absolute Gasteiger partial charge is 0.392 e. The van der Waals surface area contributed by atoms with Crippen LogP contribution in [0.15, 0.2) is 24.3 Å². The van der Waals surface area contributed by atoms with Crippen LogP contribution in [0.1, 0.15) is 18.9 Å². The minimum absolute atomic E-state index is 0.0980. The van der Waals surface area contributed by atoms with Crippen LogP contribution >= 0.6 is 12.2 Å². The SMILES string of the molecule is CC(C(=O)Nc1cccc(C(N)=S)c1)N1CCC(O)C1. The van der Waals surface area contributed by atoms with E-state index in [0.717, 1.165) is 12.1 Å². The molecule has 108 valence electrons. The highest BCUT2D eigenvalue weighted by atomic mass is 32.1. The van der Waals surface area contributed by atoms with Crippen LogP contribution in [0, 0.1) is 0 Å². The maximum atomic E-state index is 12.2. The number of amides is 1. The van der Waals surface area contributed by atoms with E-state index in [1.54, 1.807) is 24.3 Å². The fourth-order valence-corrected chi connectivity index (χ4v) is 2.41. The van der Waals surface area contributed by atoms with Gasteiger partial charge in [-0.3, -0.25) is 9.69 Å². The number of anilines is 1. The topological polar surface area (TPSA) is 78.6 Å². The van der Waals surface area contributed by atoms with Crippen molar-refractivity contribution in [3.05, 3.63) is 29.8 Å². The van der Waals surface area contributed by atoms with E-state index in [4.69, 9.17) is 18.0 Å². The number of benzene rings is 1. The Hall–Kier alpha value is -1.50.